The van der Waals surface area contributed by atoms with Gasteiger partial charge in [0.25, 0.3) is 0 Å². The SMILES string of the molecule is O=C(CCc1c2ccccc2cc2ccccc12)OCCOCCOCCOCCOCCOC(=O)c1cccc2ccccc12. The zero-order valence-corrected chi connectivity index (χ0v) is 26.0. The fraction of sp³-hybridized carbons (Fsp3) is 0.316. The van der Waals surface area contributed by atoms with Crippen LogP contribution >= 0.6 is 0 Å². The number of hydrogen-bond donors (Lipinski definition) is 0. The van der Waals surface area contributed by atoms with Crippen molar-refractivity contribution in [3.05, 3.63) is 108 Å². The van der Waals surface area contributed by atoms with E-state index in [-0.39, 0.29) is 25.2 Å². The normalized spacial score (nSPS) is 11.3. The van der Waals surface area contributed by atoms with E-state index in [9.17, 15) is 9.59 Å². The van der Waals surface area contributed by atoms with Crippen molar-refractivity contribution in [1.29, 1.82) is 0 Å². The number of fused-ring (bicyclic) bond motifs is 3. The van der Waals surface area contributed by atoms with Crippen molar-refractivity contribution in [2.45, 2.75) is 12.8 Å². The average Bonchev–Trinajstić information content (AvgIpc) is 3.09. The molecule has 0 aliphatic rings. The highest BCUT2D eigenvalue weighted by Gasteiger charge is 2.12. The van der Waals surface area contributed by atoms with E-state index >= 15 is 0 Å². The molecule has 0 unspecified atom stereocenters. The molecule has 0 heterocycles. The molecule has 0 atom stereocenters. The van der Waals surface area contributed by atoms with Crippen LogP contribution in [0.3, 0.4) is 0 Å². The summed E-state index contributed by atoms with van der Waals surface area (Å²) in [5.41, 5.74) is 1.72. The lowest BCUT2D eigenvalue weighted by Gasteiger charge is -2.12. The summed E-state index contributed by atoms with van der Waals surface area (Å²) < 4.78 is 32.7. The lowest BCUT2D eigenvalue weighted by Crippen LogP contribution is -2.15. The van der Waals surface area contributed by atoms with Gasteiger partial charge in [0, 0.05) is 6.42 Å². The molecule has 5 rings (SSSR count). The van der Waals surface area contributed by atoms with E-state index in [1.807, 2.05) is 60.7 Å². The number of esters is 2. The van der Waals surface area contributed by atoms with E-state index < -0.39 is 0 Å². The molecule has 0 fully saturated rings. The first-order chi connectivity index (χ1) is 22.7. The zero-order chi connectivity index (χ0) is 31.8. The van der Waals surface area contributed by atoms with Crippen molar-refractivity contribution in [3.63, 3.8) is 0 Å². The maximum atomic E-state index is 12.4. The molecule has 0 bridgehead atoms. The first-order valence-corrected chi connectivity index (χ1v) is 15.7. The van der Waals surface area contributed by atoms with Crippen molar-refractivity contribution in [2.75, 3.05) is 66.1 Å². The Labute approximate surface area is 269 Å². The standard InChI is InChI=1S/C38H40O8/c39-37(17-16-35-33-13-5-2-9-30(33)28-31-10-3-6-14-34(31)35)45-26-24-43-22-20-41-18-19-42-21-23-44-25-27-46-38(40)36-15-7-11-29-8-1-4-12-32(29)36/h1-15,28H,16-27H2. The highest BCUT2D eigenvalue weighted by molar-refractivity contribution is 6.04. The predicted octanol–water partition coefficient (Wildman–Crippen LogP) is 6.55. The van der Waals surface area contributed by atoms with Gasteiger partial charge < -0.3 is 28.4 Å². The largest absolute Gasteiger partial charge is 0.463 e. The monoisotopic (exact) mass is 624 g/mol. The molecular formula is C38H40O8. The Kier molecular flexibility index (Phi) is 12.9. The van der Waals surface area contributed by atoms with E-state index in [1.54, 1.807) is 6.07 Å². The summed E-state index contributed by atoms with van der Waals surface area (Å²) in [4.78, 5) is 24.8. The predicted molar refractivity (Wildman–Crippen MR) is 178 cm³/mol. The number of carbonyl (C=O) groups excluding carboxylic acids is 2. The van der Waals surface area contributed by atoms with E-state index in [0.717, 1.165) is 10.8 Å². The second kappa shape index (κ2) is 18.0. The van der Waals surface area contributed by atoms with Crippen molar-refractivity contribution in [2.24, 2.45) is 0 Å². The molecule has 0 saturated carbocycles. The van der Waals surface area contributed by atoms with Gasteiger partial charge in [0.05, 0.1) is 58.4 Å². The van der Waals surface area contributed by atoms with Crippen LogP contribution in [0.2, 0.25) is 0 Å². The molecule has 46 heavy (non-hydrogen) atoms. The van der Waals surface area contributed by atoms with Crippen molar-refractivity contribution < 1.29 is 38.0 Å². The van der Waals surface area contributed by atoms with Crippen LogP contribution < -0.4 is 0 Å². The fourth-order valence-corrected chi connectivity index (χ4v) is 5.33. The summed E-state index contributed by atoms with van der Waals surface area (Å²) in [6, 6.07) is 32.0. The van der Waals surface area contributed by atoms with Gasteiger partial charge in [-0.25, -0.2) is 4.79 Å². The quantitative estimate of drug-likeness (QED) is 0.0581. The molecular weight excluding hydrogens is 584 g/mol. The highest BCUT2D eigenvalue weighted by Crippen LogP contribution is 2.29. The lowest BCUT2D eigenvalue weighted by molar-refractivity contribution is -0.145. The van der Waals surface area contributed by atoms with Crippen molar-refractivity contribution in [3.8, 4) is 0 Å². The molecule has 8 heteroatoms. The third-order valence-electron chi connectivity index (χ3n) is 7.54. The van der Waals surface area contributed by atoms with E-state index in [4.69, 9.17) is 28.4 Å². The van der Waals surface area contributed by atoms with Crippen LogP contribution in [0.5, 0.6) is 0 Å². The van der Waals surface area contributed by atoms with Crippen LogP contribution in [0.25, 0.3) is 32.3 Å². The zero-order valence-electron chi connectivity index (χ0n) is 26.0. The van der Waals surface area contributed by atoms with Gasteiger partial charge >= 0.3 is 11.9 Å². The molecule has 5 aromatic carbocycles. The van der Waals surface area contributed by atoms with Gasteiger partial charge in [0.1, 0.15) is 13.2 Å². The first kappa shape index (κ1) is 33.0. The van der Waals surface area contributed by atoms with Gasteiger partial charge in [-0.3, -0.25) is 4.79 Å². The number of benzene rings is 5. The van der Waals surface area contributed by atoms with Crippen LogP contribution in [0.4, 0.5) is 0 Å². The van der Waals surface area contributed by atoms with E-state index in [1.165, 1.54) is 27.1 Å². The molecule has 0 amide bonds. The average molecular weight is 625 g/mol. The number of ether oxygens (including phenoxy) is 6. The lowest BCUT2D eigenvalue weighted by atomic mass is 9.94. The summed E-state index contributed by atoms with van der Waals surface area (Å²) in [6.45, 7) is 3.50. The third-order valence-corrected chi connectivity index (χ3v) is 7.54. The molecule has 0 radical (unpaired) electrons. The van der Waals surface area contributed by atoms with Gasteiger partial charge in [-0.05, 0) is 56.4 Å². The number of hydrogen-bond acceptors (Lipinski definition) is 8. The Balaban J connectivity index is 0.834. The minimum atomic E-state index is -0.361. The summed E-state index contributed by atoms with van der Waals surface area (Å²) in [6.07, 6.45) is 0.928. The molecule has 0 aliphatic carbocycles. The molecule has 240 valence electrons. The van der Waals surface area contributed by atoms with Gasteiger partial charge in [-0.1, -0.05) is 84.9 Å². The van der Waals surface area contributed by atoms with Crippen LogP contribution in [-0.2, 0) is 39.6 Å². The summed E-state index contributed by atoms with van der Waals surface area (Å²) in [5, 5.41) is 6.56. The highest BCUT2D eigenvalue weighted by atomic mass is 16.6. The molecule has 0 saturated heterocycles. The second-order valence-corrected chi connectivity index (χ2v) is 10.6. The molecule has 0 aromatic heterocycles. The molecule has 8 nitrogen and oxygen atoms in total. The summed E-state index contributed by atoms with van der Waals surface area (Å²) >= 11 is 0. The second-order valence-electron chi connectivity index (χ2n) is 10.6. The minimum Gasteiger partial charge on any atom is -0.463 e. The van der Waals surface area contributed by atoms with E-state index in [2.05, 4.69) is 30.3 Å². The summed E-state index contributed by atoms with van der Waals surface area (Å²) in [7, 11) is 0. The van der Waals surface area contributed by atoms with Crippen LogP contribution in [0, 0.1) is 0 Å². The van der Waals surface area contributed by atoms with Gasteiger partial charge in [0.2, 0.25) is 0 Å². The molecule has 0 aliphatic heterocycles. The van der Waals surface area contributed by atoms with E-state index in [0.29, 0.717) is 71.3 Å². The third kappa shape index (κ3) is 9.58. The van der Waals surface area contributed by atoms with Crippen LogP contribution in [0.1, 0.15) is 22.3 Å². The maximum absolute atomic E-state index is 12.4. The Morgan fingerprint density at radius 2 is 0.913 bits per heavy atom. The maximum Gasteiger partial charge on any atom is 0.338 e. The Morgan fingerprint density at radius 3 is 1.50 bits per heavy atom. The van der Waals surface area contributed by atoms with Crippen molar-refractivity contribution in [1.82, 2.24) is 0 Å². The van der Waals surface area contributed by atoms with Crippen molar-refractivity contribution >= 4 is 44.3 Å². The molecule has 5 aromatic rings. The molecule has 0 spiro atoms. The van der Waals surface area contributed by atoms with Gasteiger partial charge in [0.15, 0.2) is 0 Å². The number of aryl methyl sites for hydroxylation is 1. The first-order valence-electron chi connectivity index (χ1n) is 15.7. The topological polar surface area (TPSA) is 89.5 Å². The van der Waals surface area contributed by atoms with Crippen LogP contribution in [-0.4, -0.2) is 78.0 Å². The molecule has 0 N–H and O–H groups in total. The van der Waals surface area contributed by atoms with Gasteiger partial charge in [-0.15, -0.1) is 0 Å². The Hall–Kier alpha value is -4.34. The van der Waals surface area contributed by atoms with Gasteiger partial charge in [-0.2, -0.15) is 0 Å². The fourth-order valence-electron chi connectivity index (χ4n) is 5.33. The number of rotatable bonds is 19. The smallest absolute Gasteiger partial charge is 0.338 e. The van der Waals surface area contributed by atoms with Crippen LogP contribution in [0.15, 0.2) is 97.1 Å². The summed E-state index contributed by atoms with van der Waals surface area (Å²) in [5.74, 6) is -0.597. The Morgan fingerprint density at radius 1 is 0.457 bits per heavy atom. The Bertz CT molecular complexity index is 1660. The number of carbonyl (C=O) groups is 2. The minimum absolute atomic E-state index is 0.174.